The van der Waals surface area contributed by atoms with Gasteiger partial charge in [0.15, 0.2) is 9.90 Å². The Morgan fingerprint density at radius 3 is 2.24 bits per heavy atom. The number of thiazole rings is 1. The molecule has 0 bridgehead atoms. The van der Waals surface area contributed by atoms with Crippen molar-refractivity contribution >= 4 is 39.1 Å². The molecule has 0 unspecified atom stereocenters. The zero-order valence-electron chi connectivity index (χ0n) is 10.8. The first kappa shape index (κ1) is 17.0. The standard InChI is InChI=1S/C9H12N4O6S2/c1-19-8(16)7-9(20-4-12-7)21(17,18)13(2-5(10)14)3-6(11)15/h4H,2-3H2,1H3,(H2,10,14)(H2,11,15). The lowest BCUT2D eigenvalue weighted by Gasteiger charge is -2.18. The van der Waals surface area contributed by atoms with Crippen molar-refractivity contribution in [3.63, 3.8) is 0 Å². The van der Waals surface area contributed by atoms with Gasteiger partial charge in [0, 0.05) is 0 Å². The number of methoxy groups -OCH3 is 1. The van der Waals surface area contributed by atoms with Crippen LogP contribution in [0, 0.1) is 0 Å². The Hall–Kier alpha value is -2.05. The minimum atomic E-state index is -4.35. The Kier molecular flexibility index (Phi) is 5.34. The normalized spacial score (nSPS) is 11.3. The molecule has 2 amide bonds. The Labute approximate surface area is 123 Å². The number of nitrogens with zero attached hydrogens (tertiary/aromatic N) is 2. The second kappa shape index (κ2) is 6.60. The van der Waals surface area contributed by atoms with Gasteiger partial charge in [-0.15, -0.1) is 11.3 Å². The molecule has 0 saturated heterocycles. The molecule has 1 rings (SSSR count). The second-order valence-electron chi connectivity index (χ2n) is 3.69. The largest absolute Gasteiger partial charge is 0.464 e. The third-order valence-corrected chi connectivity index (χ3v) is 5.29. The van der Waals surface area contributed by atoms with E-state index < -0.39 is 50.8 Å². The van der Waals surface area contributed by atoms with E-state index >= 15 is 0 Å². The highest BCUT2D eigenvalue weighted by Crippen LogP contribution is 2.24. The summed E-state index contributed by atoms with van der Waals surface area (Å²) < 4.78 is 29.2. The number of carbonyl (C=O) groups is 3. The highest BCUT2D eigenvalue weighted by molar-refractivity contribution is 7.91. The van der Waals surface area contributed by atoms with Gasteiger partial charge in [0.2, 0.25) is 11.8 Å². The molecule has 0 aliphatic carbocycles. The monoisotopic (exact) mass is 336 g/mol. The maximum absolute atomic E-state index is 12.4. The van der Waals surface area contributed by atoms with Gasteiger partial charge >= 0.3 is 5.97 Å². The number of esters is 1. The van der Waals surface area contributed by atoms with E-state index in [1.807, 2.05) is 0 Å². The smallest absolute Gasteiger partial charge is 0.358 e. The molecule has 1 heterocycles. The number of hydrogen-bond acceptors (Lipinski definition) is 8. The second-order valence-corrected chi connectivity index (χ2v) is 6.67. The summed E-state index contributed by atoms with van der Waals surface area (Å²) in [4.78, 5) is 36.9. The fraction of sp³-hybridized carbons (Fsp3) is 0.333. The number of nitrogens with two attached hydrogens (primary N) is 2. The van der Waals surface area contributed by atoms with Gasteiger partial charge in [0.05, 0.1) is 25.7 Å². The minimum absolute atomic E-state index is 0.443. The van der Waals surface area contributed by atoms with E-state index in [0.717, 1.165) is 12.6 Å². The van der Waals surface area contributed by atoms with Crippen molar-refractivity contribution in [3.05, 3.63) is 11.2 Å². The van der Waals surface area contributed by atoms with E-state index in [2.05, 4.69) is 9.72 Å². The average molecular weight is 336 g/mol. The molecule has 0 saturated carbocycles. The summed E-state index contributed by atoms with van der Waals surface area (Å²) in [5.74, 6) is -2.93. The zero-order chi connectivity index (χ0) is 16.2. The molecule has 0 aliphatic rings. The fourth-order valence-electron chi connectivity index (χ4n) is 1.34. The molecule has 0 fully saturated rings. The van der Waals surface area contributed by atoms with E-state index in [1.165, 1.54) is 0 Å². The van der Waals surface area contributed by atoms with Crippen LogP contribution in [0.4, 0.5) is 0 Å². The molecule has 0 spiro atoms. The van der Waals surface area contributed by atoms with E-state index in [4.69, 9.17) is 11.5 Å². The third kappa shape index (κ3) is 3.96. The lowest BCUT2D eigenvalue weighted by molar-refractivity contribution is -0.120. The first-order chi connectivity index (χ1) is 9.70. The summed E-state index contributed by atoms with van der Waals surface area (Å²) in [6.45, 7) is -1.52. The van der Waals surface area contributed by atoms with Gasteiger partial charge in [-0.25, -0.2) is 18.2 Å². The first-order valence-corrected chi connectivity index (χ1v) is 7.60. The Balaban J connectivity index is 3.29. The molecular weight excluding hydrogens is 324 g/mol. The Morgan fingerprint density at radius 1 is 1.29 bits per heavy atom. The van der Waals surface area contributed by atoms with Crippen LogP contribution in [0.5, 0.6) is 0 Å². The molecule has 12 heteroatoms. The molecule has 4 N–H and O–H groups in total. The maximum atomic E-state index is 12.4. The summed E-state index contributed by atoms with van der Waals surface area (Å²) >= 11 is 0.637. The van der Waals surface area contributed by atoms with Crippen molar-refractivity contribution in [1.82, 2.24) is 9.29 Å². The SMILES string of the molecule is COC(=O)c1ncsc1S(=O)(=O)N(CC(N)=O)CC(N)=O. The fourth-order valence-corrected chi connectivity index (χ4v) is 3.98. The van der Waals surface area contributed by atoms with Crippen LogP contribution in [0.25, 0.3) is 0 Å². The van der Waals surface area contributed by atoms with Crippen LogP contribution >= 0.6 is 11.3 Å². The number of carbonyl (C=O) groups excluding carboxylic acids is 3. The van der Waals surface area contributed by atoms with Crippen LogP contribution in [0.15, 0.2) is 9.72 Å². The zero-order valence-corrected chi connectivity index (χ0v) is 12.4. The van der Waals surface area contributed by atoms with Crippen molar-refractivity contribution < 1.29 is 27.5 Å². The van der Waals surface area contributed by atoms with E-state index in [-0.39, 0.29) is 0 Å². The number of primary amides is 2. The van der Waals surface area contributed by atoms with Gasteiger partial charge in [-0.05, 0) is 0 Å². The van der Waals surface area contributed by atoms with Crippen molar-refractivity contribution in [1.29, 1.82) is 0 Å². The maximum Gasteiger partial charge on any atom is 0.358 e. The van der Waals surface area contributed by atoms with Crippen LogP contribution in [0.3, 0.4) is 0 Å². The van der Waals surface area contributed by atoms with Crippen molar-refractivity contribution in [2.45, 2.75) is 4.21 Å². The molecule has 10 nitrogen and oxygen atoms in total. The van der Waals surface area contributed by atoms with Crippen molar-refractivity contribution in [2.75, 3.05) is 20.2 Å². The number of hydrogen-bond donors (Lipinski definition) is 2. The molecule has 1 aromatic rings. The van der Waals surface area contributed by atoms with Crippen LogP contribution in [0.1, 0.15) is 10.5 Å². The molecule has 0 radical (unpaired) electrons. The quantitative estimate of drug-likeness (QED) is 0.538. The van der Waals surface area contributed by atoms with Crippen LogP contribution in [-0.4, -0.2) is 55.7 Å². The summed E-state index contributed by atoms with van der Waals surface area (Å²) in [5, 5.41) is 0. The van der Waals surface area contributed by atoms with Crippen LogP contribution in [-0.2, 0) is 24.3 Å². The van der Waals surface area contributed by atoms with Crippen LogP contribution < -0.4 is 11.5 Å². The van der Waals surface area contributed by atoms with Gasteiger partial charge in [0.1, 0.15) is 0 Å². The predicted octanol–water partition coefficient (Wildman–Crippen LogP) is -2.11. The molecule has 0 atom stereocenters. The van der Waals surface area contributed by atoms with Gasteiger partial charge < -0.3 is 16.2 Å². The summed E-state index contributed by atoms with van der Waals surface area (Å²) in [6, 6.07) is 0. The topological polar surface area (TPSA) is 163 Å². The van der Waals surface area contributed by atoms with Crippen molar-refractivity contribution in [3.8, 4) is 0 Å². The summed E-state index contributed by atoms with van der Waals surface area (Å²) in [6.07, 6.45) is 0. The van der Waals surface area contributed by atoms with Gasteiger partial charge in [-0.2, -0.15) is 4.31 Å². The number of sulfonamides is 1. The lowest BCUT2D eigenvalue weighted by atomic mass is 10.5. The molecule has 21 heavy (non-hydrogen) atoms. The van der Waals surface area contributed by atoms with Gasteiger partial charge in [-0.3, -0.25) is 9.59 Å². The molecular formula is C9H12N4O6S2. The summed E-state index contributed by atoms with van der Waals surface area (Å²) in [5.41, 5.74) is 10.6. The van der Waals surface area contributed by atoms with E-state index in [0.29, 0.717) is 15.6 Å². The Morgan fingerprint density at radius 2 is 1.81 bits per heavy atom. The highest BCUT2D eigenvalue weighted by Gasteiger charge is 2.33. The minimum Gasteiger partial charge on any atom is -0.464 e. The Bertz CT molecular complexity index is 652. The highest BCUT2D eigenvalue weighted by atomic mass is 32.2. The number of amides is 2. The third-order valence-electron chi connectivity index (χ3n) is 2.15. The van der Waals surface area contributed by atoms with E-state index in [9.17, 15) is 22.8 Å². The molecule has 1 aromatic heterocycles. The average Bonchev–Trinajstić information content (AvgIpc) is 2.85. The molecule has 116 valence electrons. The number of aromatic nitrogens is 1. The molecule has 0 aromatic carbocycles. The summed E-state index contributed by atoms with van der Waals surface area (Å²) in [7, 11) is -3.29. The van der Waals surface area contributed by atoms with Crippen LogP contribution in [0.2, 0.25) is 0 Å². The van der Waals surface area contributed by atoms with Crippen molar-refractivity contribution in [2.24, 2.45) is 11.5 Å². The first-order valence-electron chi connectivity index (χ1n) is 5.28. The lowest BCUT2D eigenvalue weighted by Crippen LogP contribution is -2.43. The van der Waals surface area contributed by atoms with Gasteiger partial charge in [0.25, 0.3) is 10.0 Å². The number of rotatable bonds is 7. The van der Waals surface area contributed by atoms with Gasteiger partial charge in [-0.1, -0.05) is 0 Å². The predicted molar refractivity (Wildman–Crippen MR) is 70.6 cm³/mol. The number of ether oxygens (including phenoxy) is 1. The van der Waals surface area contributed by atoms with E-state index in [1.54, 1.807) is 0 Å². The molecule has 0 aliphatic heterocycles.